The van der Waals surface area contributed by atoms with E-state index in [0.29, 0.717) is 5.06 Å². The van der Waals surface area contributed by atoms with E-state index in [4.69, 9.17) is 9.57 Å². The van der Waals surface area contributed by atoms with Gasteiger partial charge in [0.25, 0.3) is 11.8 Å². The van der Waals surface area contributed by atoms with Crippen molar-refractivity contribution >= 4 is 23.7 Å². The van der Waals surface area contributed by atoms with Crippen molar-refractivity contribution in [2.75, 3.05) is 0 Å². The molecule has 0 unspecified atom stereocenters. The third-order valence-corrected chi connectivity index (χ3v) is 6.17. The maximum absolute atomic E-state index is 13.6. The average Bonchev–Trinajstić information content (AvgIpc) is 2.98. The number of hydrogen-bond donors (Lipinski definition) is 1. The maximum atomic E-state index is 13.6. The van der Waals surface area contributed by atoms with E-state index in [1.165, 1.54) is 0 Å². The smallest absolute Gasteiger partial charge is 0.408 e. The Hall–Kier alpha value is -2.74. The molecule has 8 heteroatoms. The minimum absolute atomic E-state index is 0.0359. The van der Waals surface area contributed by atoms with E-state index in [2.05, 4.69) is 5.32 Å². The number of benzene rings is 1. The van der Waals surface area contributed by atoms with E-state index in [-0.39, 0.29) is 12.5 Å². The van der Waals surface area contributed by atoms with Gasteiger partial charge in [-0.05, 0) is 45.1 Å². The van der Waals surface area contributed by atoms with Gasteiger partial charge in [0, 0.05) is 0 Å². The van der Waals surface area contributed by atoms with Crippen molar-refractivity contribution in [3.63, 3.8) is 0 Å². The third kappa shape index (κ3) is 6.19. The number of hydroxylamine groups is 2. The molecule has 1 saturated heterocycles. The van der Waals surface area contributed by atoms with E-state index in [1.54, 1.807) is 27.7 Å². The van der Waals surface area contributed by atoms with E-state index < -0.39 is 47.2 Å². The number of ether oxygens (including phenoxy) is 1. The van der Waals surface area contributed by atoms with Crippen LogP contribution in [0.1, 0.15) is 65.4 Å². The first-order valence-electron chi connectivity index (χ1n) is 11.7. The van der Waals surface area contributed by atoms with Crippen LogP contribution in [0, 0.1) is 17.8 Å². The van der Waals surface area contributed by atoms with Gasteiger partial charge in [-0.1, -0.05) is 56.5 Å². The second kappa shape index (κ2) is 10.5. The third-order valence-electron chi connectivity index (χ3n) is 6.17. The van der Waals surface area contributed by atoms with Crippen LogP contribution < -0.4 is 5.32 Å². The summed E-state index contributed by atoms with van der Waals surface area (Å²) in [5.41, 5.74) is 0.0749. The number of carbonyl (C=O) groups excluding carboxylic acids is 4. The SMILES string of the molecule is C[C@@H]1C(=O)N(OCc2ccccc2)C(=O)[C@H]1C(=O)[C@@H](NC(=O)OC(C)(C)C)C1CCCCC1. The summed E-state index contributed by atoms with van der Waals surface area (Å²) in [6, 6.07) is 8.27. The first-order valence-corrected chi connectivity index (χ1v) is 11.7. The fraction of sp³-hybridized carbons (Fsp3) is 0.600. The van der Waals surface area contributed by atoms with E-state index in [9.17, 15) is 19.2 Å². The summed E-state index contributed by atoms with van der Waals surface area (Å²) in [5.74, 6) is -3.85. The maximum Gasteiger partial charge on any atom is 0.408 e. The summed E-state index contributed by atoms with van der Waals surface area (Å²) < 4.78 is 5.37. The van der Waals surface area contributed by atoms with E-state index >= 15 is 0 Å². The Bertz CT molecular complexity index is 873. The van der Waals surface area contributed by atoms with Gasteiger partial charge < -0.3 is 10.1 Å². The standard InChI is InChI=1S/C25H34N2O6/c1-16-19(23(30)27(22(16)29)32-15-17-11-7-5-8-12-17)21(28)20(18-13-9-6-10-14-18)26-24(31)33-25(2,3)4/h5,7-8,11-12,16,18-20H,6,9-10,13-15H2,1-4H3,(H,26,31)/t16-,19+,20-/m0/s1. The Labute approximate surface area is 194 Å². The van der Waals surface area contributed by atoms with Crippen LogP contribution in [-0.4, -0.2) is 40.4 Å². The number of amides is 3. The Balaban J connectivity index is 1.76. The molecular formula is C25H34N2O6. The molecule has 8 nitrogen and oxygen atoms in total. The van der Waals surface area contributed by atoms with Crippen molar-refractivity contribution in [2.45, 2.75) is 78.0 Å². The molecule has 1 aliphatic carbocycles. The van der Waals surface area contributed by atoms with Crippen molar-refractivity contribution in [1.82, 2.24) is 10.4 Å². The number of nitrogens with one attached hydrogen (secondary N) is 1. The molecule has 2 fully saturated rings. The lowest BCUT2D eigenvalue weighted by Crippen LogP contribution is -2.51. The predicted octanol–water partition coefficient (Wildman–Crippen LogP) is 3.78. The van der Waals surface area contributed by atoms with Crippen LogP contribution in [0.4, 0.5) is 4.79 Å². The highest BCUT2D eigenvalue weighted by Crippen LogP contribution is 2.33. The number of nitrogens with zero attached hydrogens (tertiary/aromatic N) is 1. The average molecular weight is 459 g/mol. The molecule has 2 aliphatic rings. The molecule has 3 rings (SSSR count). The molecule has 33 heavy (non-hydrogen) atoms. The van der Waals surface area contributed by atoms with Crippen LogP contribution in [0.2, 0.25) is 0 Å². The molecule has 0 radical (unpaired) electrons. The van der Waals surface area contributed by atoms with Gasteiger partial charge in [-0.2, -0.15) is 5.06 Å². The lowest BCUT2D eigenvalue weighted by atomic mass is 9.78. The van der Waals surface area contributed by atoms with Crippen molar-refractivity contribution in [3.8, 4) is 0 Å². The predicted molar refractivity (Wildman–Crippen MR) is 120 cm³/mol. The minimum atomic E-state index is -1.20. The number of hydrogen-bond acceptors (Lipinski definition) is 6. The van der Waals surface area contributed by atoms with Crippen molar-refractivity contribution in [2.24, 2.45) is 17.8 Å². The van der Waals surface area contributed by atoms with Gasteiger partial charge in [0.05, 0.1) is 12.0 Å². The Morgan fingerprint density at radius 3 is 2.30 bits per heavy atom. The lowest BCUT2D eigenvalue weighted by Gasteiger charge is -2.32. The zero-order valence-corrected chi connectivity index (χ0v) is 19.8. The van der Waals surface area contributed by atoms with Crippen LogP contribution in [0.5, 0.6) is 0 Å². The molecule has 3 amide bonds. The van der Waals surface area contributed by atoms with Gasteiger partial charge in [0.2, 0.25) is 0 Å². The van der Waals surface area contributed by atoms with Crippen LogP contribution >= 0.6 is 0 Å². The molecule has 1 aliphatic heterocycles. The van der Waals surface area contributed by atoms with Gasteiger partial charge in [0.1, 0.15) is 18.1 Å². The molecule has 1 heterocycles. The summed E-state index contributed by atoms with van der Waals surface area (Å²) >= 11 is 0. The quantitative estimate of drug-likeness (QED) is 0.493. The first kappa shape index (κ1) is 24.9. The van der Waals surface area contributed by atoms with Gasteiger partial charge in [-0.3, -0.25) is 19.2 Å². The topological polar surface area (TPSA) is 102 Å². The minimum Gasteiger partial charge on any atom is -0.444 e. The fourth-order valence-corrected chi connectivity index (χ4v) is 4.50. The van der Waals surface area contributed by atoms with Gasteiger partial charge in [0.15, 0.2) is 5.78 Å². The van der Waals surface area contributed by atoms with Gasteiger partial charge in [-0.15, -0.1) is 0 Å². The number of ketones is 1. The number of imide groups is 1. The van der Waals surface area contributed by atoms with Crippen LogP contribution in [0.25, 0.3) is 0 Å². The second-order valence-corrected chi connectivity index (χ2v) is 9.92. The summed E-state index contributed by atoms with van der Waals surface area (Å²) in [5, 5.41) is 3.43. The molecule has 3 atom stereocenters. The zero-order chi connectivity index (χ0) is 24.2. The van der Waals surface area contributed by atoms with Gasteiger partial charge in [-0.25, -0.2) is 4.79 Å². The van der Waals surface area contributed by atoms with Crippen LogP contribution in [0.15, 0.2) is 30.3 Å². The first-order chi connectivity index (χ1) is 15.6. The summed E-state index contributed by atoms with van der Waals surface area (Å²) in [6.45, 7) is 6.82. The highest BCUT2D eigenvalue weighted by atomic mass is 16.7. The Morgan fingerprint density at radius 1 is 1.06 bits per heavy atom. The molecule has 1 N–H and O–H groups in total. The largest absolute Gasteiger partial charge is 0.444 e. The molecule has 1 aromatic rings. The highest BCUT2D eigenvalue weighted by Gasteiger charge is 2.52. The molecule has 1 saturated carbocycles. The molecule has 0 bridgehead atoms. The van der Waals surface area contributed by atoms with Crippen molar-refractivity contribution in [3.05, 3.63) is 35.9 Å². The van der Waals surface area contributed by atoms with Crippen molar-refractivity contribution < 1.29 is 28.8 Å². The Kier molecular flexibility index (Phi) is 7.89. The molecule has 0 spiro atoms. The summed E-state index contributed by atoms with van der Waals surface area (Å²) in [6.07, 6.45) is 3.80. The number of carbonyl (C=O) groups is 4. The van der Waals surface area contributed by atoms with E-state index in [1.807, 2.05) is 30.3 Å². The zero-order valence-electron chi connectivity index (χ0n) is 19.8. The summed E-state index contributed by atoms with van der Waals surface area (Å²) in [7, 11) is 0. The second-order valence-electron chi connectivity index (χ2n) is 9.92. The fourth-order valence-electron chi connectivity index (χ4n) is 4.50. The molecule has 180 valence electrons. The number of Topliss-reactive ketones (excluding diaryl/α,β-unsaturated/α-hetero) is 1. The monoisotopic (exact) mass is 458 g/mol. The van der Waals surface area contributed by atoms with Crippen LogP contribution in [0.3, 0.4) is 0 Å². The van der Waals surface area contributed by atoms with Crippen LogP contribution in [-0.2, 0) is 30.6 Å². The number of alkyl carbamates (subject to hydrolysis) is 1. The molecule has 0 aromatic heterocycles. The summed E-state index contributed by atoms with van der Waals surface area (Å²) in [4.78, 5) is 57.5. The lowest BCUT2D eigenvalue weighted by molar-refractivity contribution is -0.193. The number of rotatable bonds is 7. The van der Waals surface area contributed by atoms with Crippen molar-refractivity contribution in [1.29, 1.82) is 0 Å². The molecule has 1 aromatic carbocycles. The molecular weight excluding hydrogens is 424 g/mol. The van der Waals surface area contributed by atoms with E-state index in [0.717, 1.165) is 37.7 Å². The normalized spacial score (nSPS) is 22.8. The van der Waals surface area contributed by atoms with Gasteiger partial charge >= 0.3 is 6.09 Å². The Morgan fingerprint density at radius 2 is 1.70 bits per heavy atom. The highest BCUT2D eigenvalue weighted by molar-refractivity contribution is 6.16.